The topological polar surface area (TPSA) is 19.4 Å². The summed E-state index contributed by atoms with van der Waals surface area (Å²) in [6.45, 7) is 3.59. The highest BCUT2D eigenvalue weighted by atomic mass is 15.2. The Morgan fingerprint density at radius 2 is 2.22 bits per heavy atom. The van der Waals surface area contributed by atoms with Gasteiger partial charge in [-0.2, -0.15) is 0 Å². The van der Waals surface area contributed by atoms with Gasteiger partial charge in [0.05, 0.1) is 0 Å². The smallest absolute Gasteiger partial charge is 0.128 e. The number of nitrogens with zero attached hydrogens (tertiary/aromatic N) is 3. The predicted molar refractivity (Wildman–Crippen MR) is 74.8 cm³/mol. The maximum absolute atomic E-state index is 4.48. The molecule has 1 saturated heterocycles. The fourth-order valence-electron chi connectivity index (χ4n) is 2.92. The molecule has 3 rings (SSSR count). The van der Waals surface area contributed by atoms with Crippen molar-refractivity contribution in [2.75, 3.05) is 31.6 Å². The van der Waals surface area contributed by atoms with Crippen molar-refractivity contribution < 1.29 is 0 Å². The standard InChI is InChI=1S/C15H23N3/c1-17(11-13-7-8-13)14-5-4-10-18(12-14)15-6-2-3-9-16-15/h2-3,6,9,13-14H,4-5,7-8,10-12H2,1H3/t14-/m1/s1. The van der Waals surface area contributed by atoms with E-state index < -0.39 is 0 Å². The molecule has 0 bridgehead atoms. The van der Waals surface area contributed by atoms with E-state index in [1.54, 1.807) is 0 Å². The van der Waals surface area contributed by atoms with Crippen molar-refractivity contribution in [3.05, 3.63) is 24.4 Å². The molecule has 1 aliphatic carbocycles. The Labute approximate surface area is 110 Å². The molecule has 1 aromatic heterocycles. The largest absolute Gasteiger partial charge is 0.355 e. The van der Waals surface area contributed by atoms with Gasteiger partial charge in [0.2, 0.25) is 0 Å². The number of likely N-dealkylation sites (N-methyl/N-ethyl adjacent to an activating group) is 1. The summed E-state index contributed by atoms with van der Waals surface area (Å²) in [5, 5.41) is 0. The molecule has 2 heterocycles. The molecule has 0 N–H and O–H groups in total. The van der Waals surface area contributed by atoms with Gasteiger partial charge in [0.1, 0.15) is 5.82 Å². The van der Waals surface area contributed by atoms with Crippen molar-refractivity contribution in [1.82, 2.24) is 9.88 Å². The lowest BCUT2D eigenvalue weighted by molar-refractivity contribution is 0.207. The third kappa shape index (κ3) is 2.83. The van der Waals surface area contributed by atoms with E-state index in [9.17, 15) is 0 Å². The molecule has 18 heavy (non-hydrogen) atoms. The number of piperidine rings is 1. The van der Waals surface area contributed by atoms with Gasteiger partial charge < -0.3 is 9.80 Å². The zero-order valence-electron chi connectivity index (χ0n) is 11.3. The minimum atomic E-state index is 0.710. The lowest BCUT2D eigenvalue weighted by atomic mass is 10.0. The number of rotatable bonds is 4. The average molecular weight is 245 g/mol. The number of hydrogen-bond donors (Lipinski definition) is 0. The summed E-state index contributed by atoms with van der Waals surface area (Å²) in [7, 11) is 2.30. The molecule has 2 fully saturated rings. The molecule has 1 saturated carbocycles. The summed E-state index contributed by atoms with van der Waals surface area (Å²) in [4.78, 5) is 9.50. The van der Waals surface area contributed by atoms with E-state index in [4.69, 9.17) is 0 Å². The van der Waals surface area contributed by atoms with Crippen molar-refractivity contribution in [2.45, 2.75) is 31.7 Å². The summed E-state index contributed by atoms with van der Waals surface area (Å²) in [6, 6.07) is 6.91. The quantitative estimate of drug-likeness (QED) is 0.812. The van der Waals surface area contributed by atoms with Crippen molar-refractivity contribution in [1.29, 1.82) is 0 Å². The van der Waals surface area contributed by atoms with Crippen molar-refractivity contribution in [3.8, 4) is 0 Å². The summed E-state index contributed by atoms with van der Waals surface area (Å²) in [6.07, 6.45) is 7.41. The van der Waals surface area contributed by atoms with Gasteiger partial charge in [0, 0.05) is 31.9 Å². The lowest BCUT2D eigenvalue weighted by Gasteiger charge is -2.38. The van der Waals surface area contributed by atoms with Crippen LogP contribution in [0.4, 0.5) is 5.82 Å². The van der Waals surface area contributed by atoms with E-state index in [0.717, 1.165) is 24.8 Å². The molecule has 0 spiro atoms. The van der Waals surface area contributed by atoms with Crippen LogP contribution in [-0.4, -0.2) is 42.6 Å². The summed E-state index contributed by atoms with van der Waals surface area (Å²) in [5.41, 5.74) is 0. The van der Waals surface area contributed by atoms with Crippen LogP contribution < -0.4 is 4.90 Å². The molecule has 0 radical (unpaired) electrons. The minimum Gasteiger partial charge on any atom is -0.355 e. The molecule has 98 valence electrons. The van der Waals surface area contributed by atoms with Crippen LogP contribution in [0.1, 0.15) is 25.7 Å². The van der Waals surface area contributed by atoms with Gasteiger partial charge in [-0.3, -0.25) is 0 Å². The number of pyridine rings is 1. The Balaban J connectivity index is 1.60. The molecule has 1 atom stereocenters. The van der Waals surface area contributed by atoms with Gasteiger partial charge in [-0.15, -0.1) is 0 Å². The minimum absolute atomic E-state index is 0.710. The van der Waals surface area contributed by atoms with Gasteiger partial charge in [-0.05, 0) is 50.8 Å². The summed E-state index contributed by atoms with van der Waals surface area (Å²) in [5.74, 6) is 2.13. The van der Waals surface area contributed by atoms with Gasteiger partial charge in [-0.1, -0.05) is 6.07 Å². The van der Waals surface area contributed by atoms with E-state index in [2.05, 4.69) is 34.0 Å². The van der Waals surface area contributed by atoms with Crippen molar-refractivity contribution in [3.63, 3.8) is 0 Å². The third-order valence-electron chi connectivity index (χ3n) is 4.24. The molecular weight excluding hydrogens is 222 g/mol. The van der Waals surface area contributed by atoms with Gasteiger partial charge in [0.25, 0.3) is 0 Å². The highest BCUT2D eigenvalue weighted by Crippen LogP contribution is 2.31. The van der Waals surface area contributed by atoms with Crippen LogP contribution in [0.25, 0.3) is 0 Å². The maximum atomic E-state index is 4.48. The first-order valence-corrected chi connectivity index (χ1v) is 7.19. The lowest BCUT2D eigenvalue weighted by Crippen LogP contribution is -2.47. The van der Waals surface area contributed by atoms with Crippen molar-refractivity contribution >= 4 is 5.82 Å². The first-order chi connectivity index (χ1) is 8.83. The molecule has 2 aliphatic rings. The van der Waals surface area contributed by atoms with E-state index >= 15 is 0 Å². The maximum Gasteiger partial charge on any atom is 0.128 e. The molecule has 0 aromatic carbocycles. The first kappa shape index (κ1) is 12.0. The summed E-state index contributed by atoms with van der Waals surface area (Å²) >= 11 is 0. The molecule has 1 aromatic rings. The van der Waals surface area contributed by atoms with Crippen LogP contribution in [-0.2, 0) is 0 Å². The van der Waals surface area contributed by atoms with Crippen LogP contribution in [0.3, 0.4) is 0 Å². The van der Waals surface area contributed by atoms with Crippen LogP contribution in [0, 0.1) is 5.92 Å². The fourth-order valence-corrected chi connectivity index (χ4v) is 2.92. The van der Waals surface area contributed by atoms with Gasteiger partial charge in [-0.25, -0.2) is 4.98 Å². The molecule has 0 unspecified atom stereocenters. The Morgan fingerprint density at radius 3 is 2.94 bits per heavy atom. The van der Waals surface area contributed by atoms with E-state index in [0.29, 0.717) is 6.04 Å². The predicted octanol–water partition coefficient (Wildman–Crippen LogP) is 2.39. The van der Waals surface area contributed by atoms with E-state index in [-0.39, 0.29) is 0 Å². The Kier molecular flexibility index (Phi) is 3.50. The van der Waals surface area contributed by atoms with Crippen molar-refractivity contribution in [2.24, 2.45) is 5.92 Å². The Bertz CT molecular complexity index is 375. The highest BCUT2D eigenvalue weighted by Gasteiger charge is 2.28. The van der Waals surface area contributed by atoms with Crippen LogP contribution >= 0.6 is 0 Å². The van der Waals surface area contributed by atoms with E-state index in [1.165, 1.54) is 32.2 Å². The number of anilines is 1. The monoisotopic (exact) mass is 245 g/mol. The number of hydrogen-bond acceptors (Lipinski definition) is 3. The van der Waals surface area contributed by atoms with Crippen LogP contribution in [0.15, 0.2) is 24.4 Å². The second-order valence-corrected chi connectivity index (χ2v) is 5.81. The molecule has 3 nitrogen and oxygen atoms in total. The normalized spacial score (nSPS) is 24.6. The highest BCUT2D eigenvalue weighted by molar-refractivity contribution is 5.38. The average Bonchev–Trinajstić information content (AvgIpc) is 3.24. The van der Waals surface area contributed by atoms with Crippen LogP contribution in [0.5, 0.6) is 0 Å². The Morgan fingerprint density at radius 1 is 1.33 bits per heavy atom. The second-order valence-electron chi connectivity index (χ2n) is 5.81. The van der Waals surface area contributed by atoms with Gasteiger partial charge in [0.15, 0.2) is 0 Å². The van der Waals surface area contributed by atoms with Gasteiger partial charge >= 0.3 is 0 Å². The second kappa shape index (κ2) is 5.27. The van der Waals surface area contributed by atoms with E-state index in [1.807, 2.05) is 12.3 Å². The molecule has 3 heteroatoms. The first-order valence-electron chi connectivity index (χ1n) is 7.19. The molecular formula is C15H23N3. The zero-order valence-corrected chi connectivity index (χ0v) is 11.3. The molecule has 1 aliphatic heterocycles. The molecule has 0 amide bonds. The SMILES string of the molecule is CN(CC1CC1)[C@@H]1CCCN(c2ccccn2)C1. The fraction of sp³-hybridized carbons (Fsp3) is 0.667. The zero-order chi connectivity index (χ0) is 12.4. The third-order valence-corrected chi connectivity index (χ3v) is 4.24. The Hall–Kier alpha value is -1.09. The summed E-state index contributed by atoms with van der Waals surface area (Å²) < 4.78 is 0. The van der Waals surface area contributed by atoms with Crippen LogP contribution in [0.2, 0.25) is 0 Å². The number of aromatic nitrogens is 1.